The van der Waals surface area contributed by atoms with Crippen molar-refractivity contribution >= 4 is 18.1 Å². The Labute approximate surface area is 139 Å². The number of hydrogen-bond donors (Lipinski definition) is 4. The maximum absolute atomic E-state index is 12.6. The SMILES string of the molecule is O=C(O)C1CCCN(C(=O)C2=CN=CC=COC=CNC=CN2)N1. The first-order valence-corrected chi connectivity index (χ1v) is 7.36. The van der Waals surface area contributed by atoms with E-state index in [0.29, 0.717) is 19.4 Å². The van der Waals surface area contributed by atoms with E-state index in [4.69, 9.17) is 9.84 Å². The summed E-state index contributed by atoms with van der Waals surface area (Å²) in [5, 5.41) is 16.0. The number of aliphatic carboxylic acids is 1. The molecule has 1 atom stereocenters. The molecule has 0 spiro atoms. The van der Waals surface area contributed by atoms with Gasteiger partial charge in [-0.3, -0.25) is 19.6 Å². The molecule has 1 unspecified atom stereocenters. The van der Waals surface area contributed by atoms with E-state index in [9.17, 15) is 9.59 Å². The van der Waals surface area contributed by atoms with Gasteiger partial charge in [-0.1, -0.05) is 0 Å². The fraction of sp³-hybridized carbons (Fsp3) is 0.267. The van der Waals surface area contributed by atoms with Crippen LogP contribution in [-0.4, -0.2) is 40.8 Å². The Morgan fingerprint density at radius 1 is 1.29 bits per heavy atom. The van der Waals surface area contributed by atoms with Gasteiger partial charge in [0.2, 0.25) is 0 Å². The van der Waals surface area contributed by atoms with Gasteiger partial charge >= 0.3 is 5.97 Å². The maximum atomic E-state index is 12.6. The zero-order valence-corrected chi connectivity index (χ0v) is 12.9. The van der Waals surface area contributed by atoms with Gasteiger partial charge in [-0.05, 0) is 18.9 Å². The lowest BCUT2D eigenvalue weighted by atomic mass is 10.1. The Hall–Kier alpha value is -3.07. The molecule has 0 aliphatic carbocycles. The highest BCUT2D eigenvalue weighted by Gasteiger charge is 2.28. The van der Waals surface area contributed by atoms with Crippen molar-refractivity contribution in [2.75, 3.05) is 6.54 Å². The molecule has 9 heteroatoms. The molecular weight excluding hydrogens is 314 g/mol. The van der Waals surface area contributed by atoms with Gasteiger partial charge in [0, 0.05) is 31.4 Å². The van der Waals surface area contributed by atoms with Gasteiger partial charge in [-0.15, -0.1) is 0 Å². The van der Waals surface area contributed by atoms with E-state index in [-0.39, 0.29) is 5.70 Å². The van der Waals surface area contributed by atoms with E-state index < -0.39 is 17.9 Å². The van der Waals surface area contributed by atoms with Crippen molar-refractivity contribution in [1.82, 2.24) is 21.1 Å². The highest BCUT2D eigenvalue weighted by Crippen LogP contribution is 2.10. The summed E-state index contributed by atoms with van der Waals surface area (Å²) in [6.07, 6.45) is 13.0. The lowest BCUT2D eigenvalue weighted by Gasteiger charge is -2.32. The molecule has 128 valence electrons. The highest BCUT2D eigenvalue weighted by molar-refractivity contribution is 5.93. The molecular formula is C15H19N5O4. The molecule has 24 heavy (non-hydrogen) atoms. The van der Waals surface area contributed by atoms with Crippen molar-refractivity contribution in [2.24, 2.45) is 4.99 Å². The van der Waals surface area contributed by atoms with Gasteiger partial charge in [-0.25, -0.2) is 5.43 Å². The van der Waals surface area contributed by atoms with Crippen molar-refractivity contribution < 1.29 is 19.4 Å². The molecule has 0 radical (unpaired) electrons. The lowest BCUT2D eigenvalue weighted by molar-refractivity contribution is -0.145. The summed E-state index contributed by atoms with van der Waals surface area (Å²) >= 11 is 0. The smallest absolute Gasteiger partial charge is 0.322 e. The third-order valence-electron chi connectivity index (χ3n) is 3.15. The van der Waals surface area contributed by atoms with Crippen LogP contribution in [0.2, 0.25) is 0 Å². The molecule has 1 fully saturated rings. The summed E-state index contributed by atoms with van der Waals surface area (Å²) in [6, 6.07) is -0.774. The number of ether oxygens (including phenoxy) is 1. The minimum absolute atomic E-state index is 0.195. The summed E-state index contributed by atoms with van der Waals surface area (Å²) in [5.41, 5.74) is 2.91. The lowest BCUT2D eigenvalue weighted by Crippen LogP contribution is -2.56. The number of hydrazine groups is 1. The molecule has 2 rings (SSSR count). The van der Waals surface area contributed by atoms with E-state index in [2.05, 4.69) is 21.1 Å². The third-order valence-corrected chi connectivity index (χ3v) is 3.15. The molecule has 2 aliphatic rings. The van der Waals surface area contributed by atoms with Gasteiger partial charge in [0.25, 0.3) is 5.91 Å². The second-order valence-electron chi connectivity index (χ2n) is 4.87. The third kappa shape index (κ3) is 5.29. The fourth-order valence-corrected chi connectivity index (χ4v) is 2.02. The van der Waals surface area contributed by atoms with E-state index >= 15 is 0 Å². The molecule has 2 heterocycles. The number of nitrogens with zero attached hydrogens (tertiary/aromatic N) is 2. The van der Waals surface area contributed by atoms with Crippen LogP contribution in [-0.2, 0) is 14.3 Å². The number of carboxylic acids is 1. The van der Waals surface area contributed by atoms with Crippen molar-refractivity contribution in [3.8, 4) is 0 Å². The van der Waals surface area contributed by atoms with Gasteiger partial charge in [0.15, 0.2) is 0 Å². The Bertz CT molecular complexity index is 609. The first kappa shape index (κ1) is 17.3. The van der Waals surface area contributed by atoms with Crippen LogP contribution in [0.25, 0.3) is 0 Å². The normalized spacial score (nSPS) is 21.2. The number of hydrogen-bond acceptors (Lipinski definition) is 7. The minimum atomic E-state index is -0.983. The van der Waals surface area contributed by atoms with Crippen LogP contribution in [0.4, 0.5) is 0 Å². The minimum Gasteiger partial charge on any atom is -0.480 e. The molecule has 4 N–H and O–H groups in total. The number of carboxylic acid groups (broad SMARTS) is 1. The Morgan fingerprint density at radius 2 is 2.17 bits per heavy atom. The van der Waals surface area contributed by atoms with E-state index in [1.54, 1.807) is 18.5 Å². The molecule has 9 nitrogen and oxygen atoms in total. The quantitative estimate of drug-likeness (QED) is 0.568. The van der Waals surface area contributed by atoms with Crippen molar-refractivity contribution in [2.45, 2.75) is 18.9 Å². The van der Waals surface area contributed by atoms with Crippen LogP contribution in [0.5, 0.6) is 0 Å². The zero-order chi connectivity index (χ0) is 17.2. The number of rotatable bonds is 2. The highest BCUT2D eigenvalue weighted by atomic mass is 16.5. The largest absolute Gasteiger partial charge is 0.480 e. The summed E-state index contributed by atoms with van der Waals surface area (Å²) in [5.74, 6) is -1.38. The number of carbonyl (C=O) groups is 2. The standard InChI is InChI=1S/C15H19N5O4/c21-14(20-8-1-3-12(19-20)15(22)23)13-11-17-4-2-9-24-10-7-16-5-6-18-13/h2,4-7,9-12,16,18-19H,1,3,8H2,(H,22,23). The monoisotopic (exact) mass is 333 g/mol. The van der Waals surface area contributed by atoms with Gasteiger partial charge in [-0.2, -0.15) is 0 Å². The Morgan fingerprint density at radius 3 is 3.00 bits per heavy atom. The molecule has 1 saturated heterocycles. The van der Waals surface area contributed by atoms with Crippen LogP contribution in [0.3, 0.4) is 0 Å². The zero-order valence-electron chi connectivity index (χ0n) is 12.9. The summed E-state index contributed by atoms with van der Waals surface area (Å²) in [4.78, 5) is 27.6. The average Bonchev–Trinajstić information content (AvgIpc) is 2.62. The number of amides is 1. The van der Waals surface area contributed by atoms with Crippen LogP contribution in [0, 0.1) is 0 Å². The molecule has 0 bridgehead atoms. The molecule has 0 aromatic rings. The van der Waals surface area contributed by atoms with Crippen molar-refractivity contribution in [1.29, 1.82) is 0 Å². The van der Waals surface area contributed by atoms with Gasteiger partial charge in [0.1, 0.15) is 18.0 Å². The average molecular weight is 333 g/mol. The van der Waals surface area contributed by atoms with Crippen LogP contribution in [0.15, 0.2) is 54.1 Å². The molecule has 0 aromatic heterocycles. The summed E-state index contributed by atoms with van der Waals surface area (Å²) in [7, 11) is 0. The second-order valence-corrected chi connectivity index (χ2v) is 4.87. The number of carbonyl (C=O) groups excluding carboxylic acids is 1. The Balaban J connectivity index is 2.11. The fourth-order valence-electron chi connectivity index (χ4n) is 2.02. The topological polar surface area (TPSA) is 115 Å². The first-order valence-electron chi connectivity index (χ1n) is 7.36. The van der Waals surface area contributed by atoms with Gasteiger partial charge < -0.3 is 20.5 Å². The number of nitrogens with one attached hydrogen (secondary N) is 3. The predicted octanol–water partition coefficient (Wildman–Crippen LogP) is 0.144. The molecule has 2 aliphatic heterocycles. The van der Waals surface area contributed by atoms with Gasteiger partial charge in [0.05, 0.1) is 12.5 Å². The van der Waals surface area contributed by atoms with E-state index in [0.717, 1.165) is 0 Å². The summed E-state index contributed by atoms with van der Waals surface area (Å²) < 4.78 is 5.02. The van der Waals surface area contributed by atoms with Crippen LogP contribution < -0.4 is 16.1 Å². The Kier molecular flexibility index (Phi) is 6.59. The first-order chi connectivity index (χ1) is 11.7. The van der Waals surface area contributed by atoms with E-state index in [1.165, 1.54) is 36.1 Å². The molecule has 1 amide bonds. The second kappa shape index (κ2) is 9.16. The van der Waals surface area contributed by atoms with Crippen LogP contribution in [0.1, 0.15) is 12.8 Å². The summed E-state index contributed by atoms with van der Waals surface area (Å²) in [6.45, 7) is 0.420. The van der Waals surface area contributed by atoms with E-state index in [1.807, 2.05) is 0 Å². The number of aliphatic imine (C=N–C) groups is 1. The van der Waals surface area contributed by atoms with Crippen LogP contribution >= 0.6 is 0 Å². The maximum Gasteiger partial charge on any atom is 0.322 e. The number of allylic oxidation sites excluding steroid dienone is 1. The predicted molar refractivity (Wildman–Crippen MR) is 86.9 cm³/mol. The molecule has 0 saturated carbocycles. The molecule has 0 aromatic carbocycles. The van der Waals surface area contributed by atoms with Crippen molar-refractivity contribution in [3.63, 3.8) is 0 Å². The van der Waals surface area contributed by atoms with Crippen molar-refractivity contribution in [3.05, 3.63) is 49.1 Å².